The Balaban J connectivity index is 2.06. The number of amides is 1. The summed E-state index contributed by atoms with van der Waals surface area (Å²) in [4.78, 5) is 12.9. The molecule has 0 aromatic heterocycles. The number of piperidine rings is 1. The number of hydrogen-bond donors (Lipinski definition) is 1. The van der Waals surface area contributed by atoms with Gasteiger partial charge in [0.15, 0.2) is 0 Å². The van der Waals surface area contributed by atoms with Gasteiger partial charge in [0.25, 0.3) is 0 Å². The minimum absolute atomic E-state index is 0.0475. The average molecular weight is 278 g/mol. The van der Waals surface area contributed by atoms with E-state index in [1.807, 2.05) is 18.2 Å². The van der Waals surface area contributed by atoms with Gasteiger partial charge in [-0.15, -0.1) is 0 Å². The van der Waals surface area contributed by atoms with Gasteiger partial charge in [-0.25, -0.2) is 4.39 Å². The van der Waals surface area contributed by atoms with Crippen LogP contribution in [0.2, 0.25) is 0 Å². The largest absolute Gasteiger partial charge is 0.379 e. The summed E-state index contributed by atoms with van der Waals surface area (Å²) in [5.41, 5.74) is 2.21. The fourth-order valence-corrected chi connectivity index (χ4v) is 2.69. The number of alkyl halides is 1. The van der Waals surface area contributed by atoms with Gasteiger partial charge in [0.1, 0.15) is 6.17 Å². The molecule has 1 aliphatic heterocycles. The molecule has 20 heavy (non-hydrogen) atoms. The Labute approximate surface area is 120 Å². The van der Waals surface area contributed by atoms with Gasteiger partial charge in [0.05, 0.1) is 12.6 Å². The predicted molar refractivity (Wildman–Crippen MR) is 79.7 cm³/mol. The van der Waals surface area contributed by atoms with Gasteiger partial charge in [-0.3, -0.25) is 4.79 Å². The summed E-state index contributed by atoms with van der Waals surface area (Å²) in [7, 11) is 0. The molecule has 0 aliphatic carbocycles. The van der Waals surface area contributed by atoms with Crippen LogP contribution in [0.4, 0.5) is 10.1 Å². The van der Waals surface area contributed by atoms with E-state index >= 15 is 0 Å². The fourth-order valence-electron chi connectivity index (χ4n) is 2.69. The number of likely N-dealkylation sites (tertiary alicyclic amines) is 1. The molecule has 4 heteroatoms. The Kier molecular flexibility index (Phi) is 4.63. The lowest BCUT2D eigenvalue weighted by atomic mass is 9.98. The van der Waals surface area contributed by atoms with Crippen molar-refractivity contribution in [3.63, 3.8) is 0 Å². The lowest BCUT2D eigenvalue weighted by Gasteiger charge is -2.35. The van der Waals surface area contributed by atoms with Crippen molar-refractivity contribution in [1.82, 2.24) is 4.90 Å². The average Bonchev–Trinajstić information content (AvgIpc) is 2.41. The van der Waals surface area contributed by atoms with Gasteiger partial charge in [-0.2, -0.15) is 0 Å². The summed E-state index contributed by atoms with van der Waals surface area (Å²) in [6, 6.07) is 7.83. The number of carbonyl (C=O) groups excluding carboxylic acids is 1. The van der Waals surface area contributed by atoms with E-state index in [9.17, 15) is 9.18 Å². The Morgan fingerprint density at radius 2 is 2.10 bits per heavy atom. The number of carbonyl (C=O) groups is 1. The molecule has 1 saturated heterocycles. The monoisotopic (exact) mass is 278 g/mol. The van der Waals surface area contributed by atoms with Gasteiger partial charge >= 0.3 is 0 Å². The first kappa shape index (κ1) is 14.8. The van der Waals surface area contributed by atoms with E-state index in [2.05, 4.69) is 25.2 Å². The number of anilines is 1. The van der Waals surface area contributed by atoms with Crippen LogP contribution in [0.1, 0.15) is 38.7 Å². The molecule has 2 rings (SSSR count). The zero-order valence-electron chi connectivity index (χ0n) is 12.4. The number of para-hydroxylation sites is 1. The molecule has 1 fully saturated rings. The van der Waals surface area contributed by atoms with E-state index in [1.54, 1.807) is 4.90 Å². The number of halogens is 1. The summed E-state index contributed by atoms with van der Waals surface area (Å²) >= 11 is 0. The van der Waals surface area contributed by atoms with Crippen LogP contribution in [0.3, 0.4) is 0 Å². The Bertz CT molecular complexity index is 475. The molecule has 0 radical (unpaired) electrons. The minimum Gasteiger partial charge on any atom is -0.379 e. The highest BCUT2D eigenvalue weighted by atomic mass is 19.1. The van der Waals surface area contributed by atoms with Crippen LogP contribution >= 0.6 is 0 Å². The summed E-state index contributed by atoms with van der Waals surface area (Å²) in [6.45, 7) is 6.57. The van der Waals surface area contributed by atoms with Crippen molar-refractivity contribution >= 4 is 11.6 Å². The molecule has 3 nitrogen and oxygen atoms in total. The highest BCUT2D eigenvalue weighted by Crippen LogP contribution is 2.26. The molecule has 2 atom stereocenters. The van der Waals surface area contributed by atoms with E-state index in [4.69, 9.17) is 0 Å². The molecule has 110 valence electrons. The maximum atomic E-state index is 14.2. The normalized spacial score (nSPS) is 22.9. The zero-order valence-corrected chi connectivity index (χ0v) is 12.4. The van der Waals surface area contributed by atoms with E-state index in [-0.39, 0.29) is 18.5 Å². The minimum atomic E-state index is -1.02. The Hall–Kier alpha value is -1.58. The molecule has 1 heterocycles. The third kappa shape index (κ3) is 3.30. The summed E-state index contributed by atoms with van der Waals surface area (Å²) in [5, 5.41) is 3.33. The van der Waals surface area contributed by atoms with Crippen molar-refractivity contribution in [2.75, 3.05) is 18.4 Å². The third-order valence-electron chi connectivity index (χ3n) is 3.91. The van der Waals surface area contributed by atoms with E-state index in [0.717, 1.165) is 5.69 Å². The number of benzene rings is 1. The zero-order chi connectivity index (χ0) is 14.7. The molecular weight excluding hydrogens is 255 g/mol. The first-order valence-corrected chi connectivity index (χ1v) is 7.24. The van der Waals surface area contributed by atoms with Gasteiger partial charge < -0.3 is 10.2 Å². The second-order valence-electron chi connectivity index (χ2n) is 5.76. The quantitative estimate of drug-likeness (QED) is 0.921. The fraction of sp³-hybridized carbons (Fsp3) is 0.562. The van der Waals surface area contributed by atoms with Crippen LogP contribution in [-0.4, -0.2) is 36.1 Å². The highest BCUT2D eigenvalue weighted by molar-refractivity contribution is 5.73. The van der Waals surface area contributed by atoms with E-state index < -0.39 is 6.17 Å². The molecule has 1 amide bonds. The molecule has 0 spiro atoms. The Morgan fingerprint density at radius 1 is 1.40 bits per heavy atom. The van der Waals surface area contributed by atoms with Crippen LogP contribution in [0, 0.1) is 0 Å². The number of hydrogen-bond acceptors (Lipinski definition) is 2. The van der Waals surface area contributed by atoms with Crippen LogP contribution in [0.5, 0.6) is 0 Å². The number of nitrogens with one attached hydrogen (secondary N) is 1. The molecular formula is C16H23FN2O. The number of nitrogens with zero attached hydrogens (tertiary/aromatic N) is 1. The van der Waals surface area contributed by atoms with Crippen molar-refractivity contribution in [2.45, 2.75) is 45.3 Å². The molecule has 1 N–H and O–H groups in total. The second-order valence-corrected chi connectivity index (χ2v) is 5.76. The first-order chi connectivity index (χ1) is 9.49. The van der Waals surface area contributed by atoms with Crippen molar-refractivity contribution in [3.05, 3.63) is 29.8 Å². The van der Waals surface area contributed by atoms with Gasteiger partial charge in [-0.1, -0.05) is 32.0 Å². The highest BCUT2D eigenvalue weighted by Gasteiger charge is 2.30. The smallest absolute Gasteiger partial charge is 0.219 e. The van der Waals surface area contributed by atoms with Gasteiger partial charge in [0, 0.05) is 19.2 Å². The standard InChI is InChI=1S/C16H23FN2O/c1-11(2)13-6-4-5-7-15(13)18-16-8-9-19(12(3)20)10-14(16)17/h4-7,11,14,16,18H,8-10H2,1-3H3/t14-,16+/m0/s1. The van der Waals surface area contributed by atoms with Crippen molar-refractivity contribution in [3.8, 4) is 0 Å². The SMILES string of the molecule is CC(=O)N1CC[C@@H](Nc2ccccc2C(C)C)[C@@H](F)C1. The molecule has 1 aromatic rings. The van der Waals surface area contributed by atoms with Gasteiger partial charge in [0.2, 0.25) is 5.91 Å². The molecule has 0 saturated carbocycles. The second kappa shape index (κ2) is 6.25. The topological polar surface area (TPSA) is 32.3 Å². The summed E-state index contributed by atoms with van der Waals surface area (Å²) < 4.78 is 14.2. The predicted octanol–water partition coefficient (Wildman–Crippen LogP) is 3.18. The molecule has 1 aromatic carbocycles. The van der Waals surface area contributed by atoms with E-state index in [0.29, 0.717) is 18.9 Å². The van der Waals surface area contributed by atoms with Crippen LogP contribution in [-0.2, 0) is 4.79 Å². The summed E-state index contributed by atoms with van der Waals surface area (Å²) in [6.07, 6.45) is -0.374. The van der Waals surface area contributed by atoms with Crippen LogP contribution in [0.15, 0.2) is 24.3 Å². The molecule has 0 unspecified atom stereocenters. The first-order valence-electron chi connectivity index (χ1n) is 7.24. The maximum Gasteiger partial charge on any atom is 0.219 e. The van der Waals surface area contributed by atoms with Gasteiger partial charge in [-0.05, 0) is 24.0 Å². The van der Waals surface area contributed by atoms with E-state index in [1.165, 1.54) is 12.5 Å². The Morgan fingerprint density at radius 3 is 2.70 bits per heavy atom. The molecule has 1 aliphatic rings. The molecule has 0 bridgehead atoms. The van der Waals surface area contributed by atoms with Crippen molar-refractivity contribution < 1.29 is 9.18 Å². The lowest BCUT2D eigenvalue weighted by Crippen LogP contribution is -2.49. The number of rotatable bonds is 3. The maximum absolute atomic E-state index is 14.2. The lowest BCUT2D eigenvalue weighted by molar-refractivity contribution is -0.131. The van der Waals surface area contributed by atoms with Crippen molar-refractivity contribution in [1.29, 1.82) is 0 Å². The van der Waals surface area contributed by atoms with Crippen LogP contribution in [0.25, 0.3) is 0 Å². The van der Waals surface area contributed by atoms with Crippen molar-refractivity contribution in [2.24, 2.45) is 0 Å². The third-order valence-corrected chi connectivity index (χ3v) is 3.91. The summed E-state index contributed by atoms with van der Waals surface area (Å²) in [5.74, 6) is 0.350. The van der Waals surface area contributed by atoms with Crippen LogP contribution < -0.4 is 5.32 Å².